The number of nitrogens with zero attached hydrogens (tertiary/aromatic N) is 2. The fourth-order valence-corrected chi connectivity index (χ4v) is 7.63. The monoisotopic (exact) mass is 865 g/mol. The second-order valence-corrected chi connectivity index (χ2v) is 14.8. The number of carboxylic acids is 1. The average Bonchev–Trinajstić information content (AvgIpc) is 3.76. The molecule has 0 fully saturated rings. The summed E-state index contributed by atoms with van der Waals surface area (Å²) < 4.78 is 78.1. The maximum atomic E-state index is 13.1. The molecule has 6 aromatic carbocycles. The van der Waals surface area contributed by atoms with Crippen molar-refractivity contribution in [2.75, 3.05) is 13.2 Å². The maximum absolute atomic E-state index is 13.1. The molecule has 6 aromatic rings. The molecule has 322 valence electrons. The number of nitrogens with one attached hydrogen (secondary N) is 1. The van der Waals surface area contributed by atoms with Crippen LogP contribution in [-0.2, 0) is 38.5 Å². The number of hydrogen-bond acceptors (Lipinski definition) is 5. The summed E-state index contributed by atoms with van der Waals surface area (Å²) in [6.07, 6.45) is -8.90. The molecule has 0 saturated carbocycles. The van der Waals surface area contributed by atoms with Crippen LogP contribution in [0.4, 0.5) is 26.3 Å². The van der Waals surface area contributed by atoms with Gasteiger partial charge in [0.15, 0.2) is 0 Å². The number of rotatable bonds is 10. The van der Waals surface area contributed by atoms with E-state index in [4.69, 9.17) is 5.11 Å². The van der Waals surface area contributed by atoms with Crippen LogP contribution in [0.25, 0.3) is 22.3 Å². The Kier molecular flexibility index (Phi) is 12.5. The molecule has 0 aromatic heterocycles. The topological polar surface area (TPSA) is 127 Å². The first-order valence-electron chi connectivity index (χ1n) is 19.5. The third kappa shape index (κ3) is 9.79. The number of carbonyl (C=O) groups is 4. The summed E-state index contributed by atoms with van der Waals surface area (Å²) in [5, 5.41) is 20.7. The highest BCUT2D eigenvalue weighted by Crippen LogP contribution is 2.37. The molecule has 0 aliphatic carbocycles. The van der Waals surface area contributed by atoms with Crippen LogP contribution in [0.1, 0.15) is 74.8 Å². The summed E-state index contributed by atoms with van der Waals surface area (Å²) >= 11 is 0. The number of amides is 3. The van der Waals surface area contributed by atoms with Gasteiger partial charge in [-0.05, 0) is 105 Å². The van der Waals surface area contributed by atoms with Gasteiger partial charge >= 0.3 is 18.3 Å². The molecular formula is C48H37F6N3O6. The molecule has 63 heavy (non-hydrogen) atoms. The number of aromatic carboxylic acids is 1. The van der Waals surface area contributed by atoms with Crippen LogP contribution in [0.5, 0.6) is 0 Å². The van der Waals surface area contributed by atoms with Crippen LogP contribution in [0.15, 0.2) is 133 Å². The Hall–Kier alpha value is -7.26. The van der Waals surface area contributed by atoms with Gasteiger partial charge in [0.2, 0.25) is 0 Å². The standard InChI is InChI=1S/C25H21F3N2O3.C23H16F3NO3/c26-25(27,28)19-7-1-4-16(12-19)14-30-15-22-20(8-3-9-21(22)24(30)33)17-5-2-6-18(13-17)23(32)29-10-11-31;24-23(25,26)17-7-1-4-14(10-17)12-27-13-20-18(8-3-9-19(20)21(27)28)15-5-2-6-16(11-15)22(29)30/h1-9,12-13,31H,10-11,14-15H2,(H,29,32);1-11H,12-13H2,(H,29,30). The minimum Gasteiger partial charge on any atom is -0.478 e. The van der Waals surface area contributed by atoms with Crippen LogP contribution in [0.3, 0.4) is 0 Å². The molecule has 9 nitrogen and oxygen atoms in total. The molecule has 3 amide bonds. The Morgan fingerprint density at radius 3 is 1.41 bits per heavy atom. The van der Waals surface area contributed by atoms with Gasteiger partial charge < -0.3 is 25.3 Å². The molecule has 8 rings (SSSR count). The summed E-state index contributed by atoms with van der Waals surface area (Å²) in [5.74, 6) is -1.88. The Balaban J connectivity index is 0.000000190. The summed E-state index contributed by atoms with van der Waals surface area (Å²) in [4.78, 5) is 52.4. The molecule has 0 atom stereocenters. The quantitative estimate of drug-likeness (QED) is 0.118. The van der Waals surface area contributed by atoms with Crippen molar-refractivity contribution in [1.29, 1.82) is 0 Å². The number of carbonyl (C=O) groups excluding carboxylic acids is 3. The lowest BCUT2D eigenvalue weighted by molar-refractivity contribution is -0.138. The summed E-state index contributed by atoms with van der Waals surface area (Å²) in [5.41, 5.74) is 5.23. The highest BCUT2D eigenvalue weighted by Gasteiger charge is 2.34. The van der Waals surface area contributed by atoms with E-state index in [1.165, 1.54) is 34.1 Å². The van der Waals surface area contributed by atoms with E-state index >= 15 is 0 Å². The molecule has 15 heteroatoms. The van der Waals surface area contributed by atoms with Gasteiger partial charge in [-0.15, -0.1) is 0 Å². The summed E-state index contributed by atoms with van der Waals surface area (Å²) in [7, 11) is 0. The van der Waals surface area contributed by atoms with Crippen molar-refractivity contribution in [2.45, 2.75) is 38.5 Å². The molecule has 0 radical (unpaired) electrons. The Bertz CT molecular complexity index is 2730. The number of alkyl halides is 6. The fraction of sp³-hybridized carbons (Fsp3) is 0.167. The Morgan fingerprint density at radius 2 is 0.968 bits per heavy atom. The number of aliphatic hydroxyl groups is 1. The number of benzene rings is 6. The lowest BCUT2D eigenvalue weighted by atomic mass is 9.95. The zero-order valence-corrected chi connectivity index (χ0v) is 33.1. The van der Waals surface area contributed by atoms with Gasteiger partial charge in [-0.1, -0.05) is 72.8 Å². The van der Waals surface area contributed by atoms with Crippen LogP contribution in [-0.4, -0.2) is 56.9 Å². The highest BCUT2D eigenvalue weighted by molar-refractivity contribution is 6.02. The number of fused-ring (bicyclic) bond motifs is 2. The largest absolute Gasteiger partial charge is 0.478 e. The summed E-state index contributed by atoms with van der Waals surface area (Å²) in [6, 6.07) is 33.8. The number of hydrogen-bond donors (Lipinski definition) is 3. The van der Waals surface area contributed by atoms with Gasteiger partial charge in [0.25, 0.3) is 17.7 Å². The lowest BCUT2D eigenvalue weighted by Crippen LogP contribution is -2.26. The minimum absolute atomic E-state index is 0.0477. The van der Waals surface area contributed by atoms with Gasteiger partial charge in [0, 0.05) is 49.4 Å². The molecule has 0 unspecified atom stereocenters. The minimum atomic E-state index is -4.45. The number of carboxylic acid groups (broad SMARTS) is 1. The van der Waals surface area contributed by atoms with Gasteiger partial charge in [-0.2, -0.15) is 26.3 Å². The average molecular weight is 866 g/mol. The van der Waals surface area contributed by atoms with Gasteiger partial charge in [-0.25, -0.2) is 4.79 Å². The van der Waals surface area contributed by atoms with Crippen molar-refractivity contribution < 1.29 is 55.7 Å². The number of halogens is 6. The lowest BCUT2D eigenvalue weighted by Gasteiger charge is -2.17. The first kappa shape index (κ1) is 43.8. The van der Waals surface area contributed by atoms with Crippen molar-refractivity contribution in [3.63, 3.8) is 0 Å². The zero-order chi connectivity index (χ0) is 45.1. The van der Waals surface area contributed by atoms with Crippen LogP contribution >= 0.6 is 0 Å². The fourth-order valence-electron chi connectivity index (χ4n) is 7.63. The SMILES string of the molecule is O=C(NCCO)c1cccc(-c2cccc3c2CN(Cc2cccc(C(F)(F)F)c2)C3=O)c1.O=C(O)c1cccc(-c2cccc3c2CN(Cc2cccc(C(F)(F)F)c2)C3=O)c1. The second kappa shape index (κ2) is 18.0. The molecule has 0 bridgehead atoms. The zero-order valence-electron chi connectivity index (χ0n) is 33.1. The second-order valence-electron chi connectivity index (χ2n) is 14.8. The normalized spacial score (nSPS) is 13.3. The van der Waals surface area contributed by atoms with Crippen LogP contribution in [0, 0.1) is 0 Å². The Morgan fingerprint density at radius 1 is 0.556 bits per heavy atom. The molecule has 2 heterocycles. The maximum Gasteiger partial charge on any atom is 0.416 e. The van der Waals surface area contributed by atoms with Crippen molar-refractivity contribution in [2.24, 2.45) is 0 Å². The van der Waals surface area contributed by atoms with Gasteiger partial charge in [0.05, 0.1) is 23.3 Å². The predicted octanol–water partition coefficient (Wildman–Crippen LogP) is 9.48. The molecule has 3 N–H and O–H groups in total. The van der Waals surface area contributed by atoms with E-state index < -0.39 is 29.4 Å². The van der Waals surface area contributed by atoms with Gasteiger partial charge in [0.1, 0.15) is 0 Å². The van der Waals surface area contributed by atoms with Crippen molar-refractivity contribution >= 4 is 23.7 Å². The highest BCUT2D eigenvalue weighted by atomic mass is 19.4. The van der Waals surface area contributed by atoms with E-state index in [-0.39, 0.29) is 62.6 Å². The third-order valence-electron chi connectivity index (χ3n) is 10.6. The Labute approximate surface area is 356 Å². The smallest absolute Gasteiger partial charge is 0.416 e. The van der Waals surface area contributed by atoms with Crippen molar-refractivity contribution in [1.82, 2.24) is 15.1 Å². The van der Waals surface area contributed by atoms with E-state index in [1.807, 2.05) is 12.1 Å². The molecule has 0 spiro atoms. The molecular weight excluding hydrogens is 829 g/mol. The van der Waals surface area contributed by atoms with Crippen LogP contribution in [0.2, 0.25) is 0 Å². The van der Waals surface area contributed by atoms with Crippen molar-refractivity contribution in [3.05, 3.63) is 189 Å². The van der Waals surface area contributed by atoms with E-state index in [2.05, 4.69) is 5.32 Å². The predicted molar refractivity (Wildman–Crippen MR) is 220 cm³/mol. The first-order valence-corrected chi connectivity index (χ1v) is 19.5. The third-order valence-corrected chi connectivity index (χ3v) is 10.6. The molecule has 2 aliphatic heterocycles. The summed E-state index contributed by atoms with van der Waals surface area (Å²) in [6.45, 7) is 0.566. The van der Waals surface area contributed by atoms with Crippen molar-refractivity contribution in [3.8, 4) is 22.3 Å². The van der Waals surface area contributed by atoms with E-state index in [9.17, 15) is 50.6 Å². The number of aliphatic hydroxyl groups excluding tert-OH is 1. The van der Waals surface area contributed by atoms with E-state index in [0.717, 1.165) is 52.1 Å². The molecule has 2 aliphatic rings. The molecule has 0 saturated heterocycles. The van der Waals surface area contributed by atoms with E-state index in [1.54, 1.807) is 72.8 Å². The first-order chi connectivity index (χ1) is 30.0. The van der Waals surface area contributed by atoms with E-state index in [0.29, 0.717) is 33.4 Å². The van der Waals surface area contributed by atoms with Crippen LogP contribution < -0.4 is 5.32 Å². The van der Waals surface area contributed by atoms with Gasteiger partial charge in [-0.3, -0.25) is 14.4 Å².